The fraction of sp³-hybridized carbons (Fsp3) is 0.526. The lowest BCUT2D eigenvalue weighted by molar-refractivity contribution is -0.116. The van der Waals surface area contributed by atoms with Crippen LogP contribution < -0.4 is 14.4 Å². The number of carbonyl (C=O) groups is 1. The summed E-state index contributed by atoms with van der Waals surface area (Å²) in [6, 6.07) is 6.25. The summed E-state index contributed by atoms with van der Waals surface area (Å²) >= 11 is 6.87. The number of amides is 1. The molecule has 0 radical (unpaired) electrons. The van der Waals surface area contributed by atoms with E-state index in [1.807, 2.05) is 25.2 Å². The van der Waals surface area contributed by atoms with Crippen molar-refractivity contribution in [2.75, 3.05) is 32.7 Å². The lowest BCUT2D eigenvalue weighted by atomic mass is 10.1. The van der Waals surface area contributed by atoms with Gasteiger partial charge in [0.05, 0.1) is 20.9 Å². The quantitative estimate of drug-likeness (QED) is 0.578. The number of ether oxygens (including phenoxy) is 2. The van der Waals surface area contributed by atoms with Crippen LogP contribution in [0.5, 0.6) is 11.5 Å². The lowest BCUT2D eigenvalue weighted by Crippen LogP contribution is -2.31. The maximum Gasteiger partial charge on any atom is 0.225 e. The average molecular weight is 423 g/mol. The molecule has 2 aromatic rings. The van der Waals surface area contributed by atoms with Crippen LogP contribution in [0.3, 0.4) is 0 Å². The average Bonchev–Trinajstić information content (AvgIpc) is 3.43. The Hall–Kier alpha value is -1.97. The molecule has 1 fully saturated rings. The van der Waals surface area contributed by atoms with Crippen molar-refractivity contribution in [1.29, 1.82) is 0 Å². The number of likely N-dealkylation sites (N-methyl/N-ethyl adjacent to an activating group) is 1. The highest BCUT2D eigenvalue weighted by atomic mass is 32.1. The van der Waals surface area contributed by atoms with Crippen molar-refractivity contribution >= 4 is 34.6 Å². The summed E-state index contributed by atoms with van der Waals surface area (Å²) in [5.41, 5.74) is 1.17. The van der Waals surface area contributed by atoms with Crippen molar-refractivity contribution < 1.29 is 14.3 Å². The predicted octanol–water partition coefficient (Wildman–Crippen LogP) is 3.34. The highest BCUT2D eigenvalue weighted by Gasteiger charge is 2.34. The van der Waals surface area contributed by atoms with E-state index >= 15 is 0 Å². The molecule has 3 rings (SSSR count). The number of benzene rings is 1. The Morgan fingerprint density at radius 2 is 2.04 bits per heavy atom. The molecule has 1 aliphatic carbocycles. The Balaban J connectivity index is 1.61. The van der Waals surface area contributed by atoms with Crippen molar-refractivity contribution in [3.05, 3.63) is 27.7 Å². The van der Waals surface area contributed by atoms with E-state index in [9.17, 15) is 4.79 Å². The maximum atomic E-state index is 11.9. The number of carbonyl (C=O) groups excluding carboxylic acids is 1. The highest BCUT2D eigenvalue weighted by Crippen LogP contribution is 2.33. The first kappa shape index (κ1) is 20.8. The zero-order valence-corrected chi connectivity index (χ0v) is 18.3. The Kier molecular flexibility index (Phi) is 6.69. The third-order valence-electron chi connectivity index (χ3n) is 4.66. The van der Waals surface area contributed by atoms with Crippen molar-refractivity contribution in [2.24, 2.45) is 0 Å². The molecule has 0 N–H and O–H groups in total. The third-order valence-corrected chi connectivity index (χ3v) is 5.97. The molecule has 1 heterocycles. The van der Waals surface area contributed by atoms with Gasteiger partial charge in [-0.3, -0.25) is 14.6 Å². The number of rotatable bonds is 9. The molecule has 0 aliphatic heterocycles. The van der Waals surface area contributed by atoms with E-state index in [4.69, 9.17) is 21.7 Å². The molecule has 1 amide bonds. The second-order valence-electron chi connectivity index (χ2n) is 6.93. The zero-order chi connectivity index (χ0) is 20.3. The van der Waals surface area contributed by atoms with Crippen molar-refractivity contribution in [2.45, 2.75) is 38.9 Å². The minimum absolute atomic E-state index is 0.0280. The number of aromatic nitrogens is 2. The van der Waals surface area contributed by atoms with Crippen LogP contribution in [-0.4, -0.2) is 54.4 Å². The molecule has 0 spiro atoms. The van der Waals surface area contributed by atoms with E-state index in [0.29, 0.717) is 15.8 Å². The molecule has 1 aromatic heterocycles. The van der Waals surface area contributed by atoms with Crippen LogP contribution in [0, 0.1) is 3.95 Å². The first-order chi connectivity index (χ1) is 13.4. The molecule has 9 heteroatoms. The largest absolute Gasteiger partial charge is 0.493 e. The summed E-state index contributed by atoms with van der Waals surface area (Å²) in [6.45, 7) is 3.00. The summed E-state index contributed by atoms with van der Waals surface area (Å²) < 4.78 is 13.1. The van der Waals surface area contributed by atoms with E-state index in [1.54, 1.807) is 30.7 Å². The number of hydrogen-bond acceptors (Lipinski definition) is 7. The summed E-state index contributed by atoms with van der Waals surface area (Å²) in [4.78, 5) is 15.9. The number of methoxy groups -OCH3 is 2. The van der Waals surface area contributed by atoms with Crippen molar-refractivity contribution in [3.8, 4) is 11.5 Å². The Labute approximate surface area is 174 Å². The van der Waals surface area contributed by atoms with Gasteiger partial charge in [-0.05, 0) is 56.2 Å². The van der Waals surface area contributed by atoms with E-state index in [-0.39, 0.29) is 11.9 Å². The van der Waals surface area contributed by atoms with Crippen LogP contribution in [0.15, 0.2) is 18.2 Å². The van der Waals surface area contributed by atoms with Crippen LogP contribution in [0.25, 0.3) is 0 Å². The first-order valence-electron chi connectivity index (χ1n) is 9.20. The van der Waals surface area contributed by atoms with Crippen LogP contribution in [0.1, 0.15) is 25.3 Å². The lowest BCUT2D eigenvalue weighted by Gasteiger charge is -2.18. The van der Waals surface area contributed by atoms with Crippen molar-refractivity contribution in [3.63, 3.8) is 0 Å². The molecule has 0 unspecified atom stereocenters. The number of anilines is 1. The van der Waals surface area contributed by atoms with Gasteiger partial charge >= 0.3 is 0 Å². The Morgan fingerprint density at radius 3 is 2.64 bits per heavy atom. The smallest absolute Gasteiger partial charge is 0.225 e. The molecule has 0 saturated heterocycles. The SMILES string of the molecule is COc1ccc(CCN(C)Cn2nc(N(C(C)=O)C3CC3)sc2=S)cc1OC. The molecule has 7 nitrogen and oxygen atoms in total. The normalized spacial score (nSPS) is 13.6. The van der Waals surface area contributed by atoms with Gasteiger partial charge in [-0.2, -0.15) is 0 Å². The Bertz CT molecular complexity index is 892. The Morgan fingerprint density at radius 1 is 1.32 bits per heavy atom. The third kappa shape index (κ3) is 4.89. The summed E-state index contributed by atoms with van der Waals surface area (Å²) in [6.07, 6.45) is 2.94. The van der Waals surface area contributed by atoms with Gasteiger partial charge in [0.2, 0.25) is 11.0 Å². The zero-order valence-electron chi connectivity index (χ0n) is 16.7. The molecular weight excluding hydrogens is 396 g/mol. The maximum absolute atomic E-state index is 11.9. The summed E-state index contributed by atoms with van der Waals surface area (Å²) in [5, 5.41) is 5.30. The van der Waals surface area contributed by atoms with Gasteiger partial charge in [-0.25, -0.2) is 4.68 Å². The van der Waals surface area contributed by atoms with E-state index in [2.05, 4.69) is 10.00 Å². The number of hydrogen-bond donors (Lipinski definition) is 0. The minimum atomic E-state index is 0.0280. The molecule has 1 saturated carbocycles. The monoisotopic (exact) mass is 422 g/mol. The van der Waals surface area contributed by atoms with E-state index in [1.165, 1.54) is 16.9 Å². The van der Waals surface area contributed by atoms with Gasteiger partial charge in [0.1, 0.15) is 0 Å². The fourth-order valence-corrected chi connectivity index (χ4v) is 4.22. The molecule has 1 aromatic carbocycles. The molecule has 1 aliphatic rings. The van der Waals surface area contributed by atoms with Crippen LogP contribution in [0.4, 0.5) is 5.13 Å². The van der Waals surface area contributed by atoms with Gasteiger partial charge in [0, 0.05) is 19.5 Å². The van der Waals surface area contributed by atoms with E-state index < -0.39 is 0 Å². The van der Waals surface area contributed by atoms with Gasteiger partial charge in [0.25, 0.3) is 0 Å². The second kappa shape index (κ2) is 9.02. The minimum Gasteiger partial charge on any atom is -0.493 e. The number of nitrogens with zero attached hydrogens (tertiary/aromatic N) is 4. The van der Waals surface area contributed by atoms with Gasteiger partial charge < -0.3 is 9.47 Å². The molecule has 28 heavy (non-hydrogen) atoms. The van der Waals surface area contributed by atoms with Gasteiger partial charge in [-0.1, -0.05) is 17.4 Å². The molecule has 0 atom stereocenters. The van der Waals surface area contributed by atoms with Gasteiger partial charge in [0.15, 0.2) is 15.5 Å². The van der Waals surface area contributed by atoms with E-state index in [0.717, 1.165) is 37.3 Å². The topological polar surface area (TPSA) is 59.8 Å². The summed E-state index contributed by atoms with van der Waals surface area (Å²) in [7, 11) is 5.31. The van der Waals surface area contributed by atoms with Crippen molar-refractivity contribution in [1.82, 2.24) is 14.7 Å². The standard InChI is InChI=1S/C19H26N4O3S2/c1-13(24)23(15-6-7-15)18-20-22(19(27)28-18)12-21(2)10-9-14-5-8-16(25-3)17(11-14)26-4/h5,8,11,15H,6-7,9-10,12H2,1-4H3. The molecular formula is C19H26N4O3S2. The van der Waals surface area contributed by atoms with Gasteiger partial charge in [-0.15, -0.1) is 5.10 Å². The molecule has 152 valence electrons. The summed E-state index contributed by atoms with van der Waals surface area (Å²) in [5.74, 6) is 1.49. The highest BCUT2D eigenvalue weighted by molar-refractivity contribution is 7.73. The van der Waals surface area contributed by atoms with Crippen LogP contribution in [0.2, 0.25) is 0 Å². The fourth-order valence-electron chi connectivity index (χ4n) is 3.02. The second-order valence-corrected chi connectivity index (χ2v) is 8.53. The van der Waals surface area contributed by atoms with Crippen LogP contribution in [-0.2, 0) is 17.9 Å². The first-order valence-corrected chi connectivity index (χ1v) is 10.4. The predicted molar refractivity (Wildman–Crippen MR) is 113 cm³/mol. The van der Waals surface area contributed by atoms with Crippen LogP contribution >= 0.6 is 23.6 Å². The molecule has 0 bridgehead atoms.